The van der Waals surface area contributed by atoms with Crippen LogP contribution in [0, 0.1) is 0 Å². The molecule has 4 heteroatoms. The van der Waals surface area contributed by atoms with Gasteiger partial charge < -0.3 is 10.8 Å². The molecule has 0 aliphatic rings. The topological polar surface area (TPSA) is 49.5 Å². The van der Waals surface area contributed by atoms with E-state index >= 15 is 0 Å². The zero-order chi connectivity index (χ0) is 13.7. The monoisotopic (exact) mass is 276 g/mol. The predicted molar refractivity (Wildman–Crippen MR) is 77.9 cm³/mol. The average Bonchev–Trinajstić information content (AvgIpc) is 2.40. The van der Waals surface area contributed by atoms with Crippen molar-refractivity contribution in [3.8, 4) is 5.75 Å². The van der Waals surface area contributed by atoms with Gasteiger partial charge in [0, 0.05) is 24.8 Å². The molecule has 0 bridgehead atoms. The third-order valence-electron chi connectivity index (χ3n) is 2.89. The van der Waals surface area contributed by atoms with E-state index in [0.717, 1.165) is 22.7 Å². The van der Waals surface area contributed by atoms with Crippen molar-refractivity contribution in [2.24, 2.45) is 5.73 Å². The molecule has 2 aromatic rings. The van der Waals surface area contributed by atoms with Gasteiger partial charge in [-0.1, -0.05) is 35.9 Å². The molecule has 3 N–H and O–H groups in total. The van der Waals surface area contributed by atoms with E-state index in [9.17, 15) is 5.11 Å². The number of nitrogens with zero attached hydrogens (tertiary/aromatic N) is 1. The Labute approximate surface area is 118 Å². The minimum Gasteiger partial charge on any atom is -0.508 e. The summed E-state index contributed by atoms with van der Waals surface area (Å²) in [7, 11) is 0. The van der Waals surface area contributed by atoms with Crippen molar-refractivity contribution in [3.63, 3.8) is 0 Å². The number of rotatable bonds is 5. The number of phenolic OH excluding ortho intramolecular Hbond substituents is 1. The molecule has 0 radical (unpaired) electrons. The molecule has 0 atom stereocenters. The largest absolute Gasteiger partial charge is 0.508 e. The molecule has 2 rings (SSSR count). The highest BCUT2D eigenvalue weighted by Gasteiger charge is 2.05. The van der Waals surface area contributed by atoms with Crippen LogP contribution >= 0.6 is 11.6 Å². The molecule has 0 aliphatic carbocycles. The minimum absolute atomic E-state index is 0.279. The van der Waals surface area contributed by atoms with Gasteiger partial charge in [-0.3, -0.25) is 4.90 Å². The summed E-state index contributed by atoms with van der Waals surface area (Å²) in [6, 6.07) is 15.0. The van der Waals surface area contributed by atoms with Gasteiger partial charge in [0.25, 0.3) is 0 Å². The molecular weight excluding hydrogens is 260 g/mol. The molecule has 0 saturated carbocycles. The smallest absolute Gasteiger partial charge is 0.115 e. The lowest BCUT2D eigenvalue weighted by molar-refractivity contribution is 0.264. The number of hydrogen-bond acceptors (Lipinski definition) is 3. The maximum Gasteiger partial charge on any atom is 0.115 e. The fourth-order valence-electron chi connectivity index (χ4n) is 1.95. The highest BCUT2D eigenvalue weighted by Crippen LogP contribution is 2.15. The number of nitrogens with two attached hydrogens (primary N) is 1. The van der Waals surface area contributed by atoms with Crippen molar-refractivity contribution in [1.29, 1.82) is 0 Å². The standard InChI is InChI=1S/C15H17ClN2O/c16-14-6-4-12(5-7-14)9-18(11-17)10-13-2-1-3-15(19)8-13/h1-8,19H,9-11,17H2. The third kappa shape index (κ3) is 4.24. The summed E-state index contributed by atoms with van der Waals surface area (Å²) in [4.78, 5) is 2.10. The van der Waals surface area contributed by atoms with E-state index in [1.807, 2.05) is 36.4 Å². The normalized spacial score (nSPS) is 10.9. The molecule has 19 heavy (non-hydrogen) atoms. The van der Waals surface area contributed by atoms with E-state index in [2.05, 4.69) is 4.90 Å². The molecule has 0 fully saturated rings. The Morgan fingerprint density at radius 3 is 2.32 bits per heavy atom. The fourth-order valence-corrected chi connectivity index (χ4v) is 2.07. The molecule has 0 unspecified atom stereocenters. The Bertz CT molecular complexity index is 528. The van der Waals surface area contributed by atoms with Gasteiger partial charge in [-0.15, -0.1) is 0 Å². The molecule has 0 heterocycles. The average molecular weight is 277 g/mol. The van der Waals surface area contributed by atoms with Gasteiger partial charge in [0.05, 0.1) is 0 Å². The first kappa shape index (κ1) is 13.9. The van der Waals surface area contributed by atoms with Crippen LogP contribution in [-0.4, -0.2) is 16.7 Å². The number of halogens is 1. The second-order valence-electron chi connectivity index (χ2n) is 4.47. The van der Waals surface area contributed by atoms with E-state index in [1.165, 1.54) is 0 Å². The van der Waals surface area contributed by atoms with Crippen molar-refractivity contribution in [1.82, 2.24) is 4.90 Å². The zero-order valence-corrected chi connectivity index (χ0v) is 11.3. The van der Waals surface area contributed by atoms with E-state index in [1.54, 1.807) is 12.1 Å². The Hall–Kier alpha value is -1.55. The molecule has 2 aromatic carbocycles. The van der Waals surface area contributed by atoms with Crippen molar-refractivity contribution in [2.75, 3.05) is 6.67 Å². The van der Waals surface area contributed by atoms with Crippen LogP contribution in [0.1, 0.15) is 11.1 Å². The second-order valence-corrected chi connectivity index (χ2v) is 4.90. The number of aromatic hydroxyl groups is 1. The summed E-state index contributed by atoms with van der Waals surface area (Å²) >= 11 is 5.86. The van der Waals surface area contributed by atoms with Crippen molar-refractivity contribution in [3.05, 3.63) is 64.7 Å². The zero-order valence-electron chi connectivity index (χ0n) is 10.6. The van der Waals surface area contributed by atoms with Crippen LogP contribution in [0.15, 0.2) is 48.5 Å². The lowest BCUT2D eigenvalue weighted by atomic mass is 10.1. The van der Waals surface area contributed by atoms with Gasteiger partial charge in [0.2, 0.25) is 0 Å². The van der Waals surface area contributed by atoms with Crippen LogP contribution in [0.2, 0.25) is 5.02 Å². The molecule has 100 valence electrons. The van der Waals surface area contributed by atoms with Crippen LogP contribution in [0.4, 0.5) is 0 Å². The number of benzene rings is 2. The lowest BCUT2D eigenvalue weighted by Gasteiger charge is -2.20. The first-order chi connectivity index (χ1) is 9.17. The predicted octanol–water partition coefficient (Wildman–Crippen LogP) is 2.96. The first-order valence-electron chi connectivity index (χ1n) is 6.12. The highest BCUT2D eigenvalue weighted by atomic mass is 35.5. The number of phenols is 1. The fraction of sp³-hybridized carbons (Fsp3) is 0.200. The summed E-state index contributed by atoms with van der Waals surface area (Å²) in [5.74, 6) is 0.279. The SMILES string of the molecule is NCN(Cc1ccc(Cl)cc1)Cc1cccc(O)c1. The van der Waals surface area contributed by atoms with Gasteiger partial charge in [-0.05, 0) is 35.4 Å². The summed E-state index contributed by atoms with van der Waals surface area (Å²) in [5, 5.41) is 10.2. The van der Waals surface area contributed by atoms with E-state index in [4.69, 9.17) is 17.3 Å². The maximum absolute atomic E-state index is 9.45. The molecular formula is C15H17ClN2O. The van der Waals surface area contributed by atoms with Gasteiger partial charge in [-0.25, -0.2) is 0 Å². The molecule has 0 aliphatic heterocycles. The molecule has 0 aromatic heterocycles. The van der Waals surface area contributed by atoms with Gasteiger partial charge >= 0.3 is 0 Å². The quantitative estimate of drug-likeness (QED) is 0.826. The molecule has 3 nitrogen and oxygen atoms in total. The Morgan fingerprint density at radius 1 is 1.00 bits per heavy atom. The van der Waals surface area contributed by atoms with Crippen molar-refractivity contribution >= 4 is 11.6 Å². The van der Waals surface area contributed by atoms with Crippen LogP contribution < -0.4 is 5.73 Å². The number of hydrogen-bond donors (Lipinski definition) is 2. The summed E-state index contributed by atoms with van der Waals surface area (Å²) < 4.78 is 0. The summed E-state index contributed by atoms with van der Waals surface area (Å²) in [5.41, 5.74) is 7.98. The van der Waals surface area contributed by atoms with Crippen LogP contribution in [0.3, 0.4) is 0 Å². The second kappa shape index (κ2) is 6.57. The Morgan fingerprint density at radius 2 is 1.68 bits per heavy atom. The third-order valence-corrected chi connectivity index (χ3v) is 3.15. The molecule has 0 amide bonds. The minimum atomic E-state index is 0.279. The summed E-state index contributed by atoms with van der Waals surface area (Å²) in [6.45, 7) is 1.91. The van der Waals surface area contributed by atoms with Crippen molar-refractivity contribution in [2.45, 2.75) is 13.1 Å². The summed E-state index contributed by atoms with van der Waals surface area (Å²) in [6.07, 6.45) is 0. The van der Waals surface area contributed by atoms with Crippen LogP contribution in [0.25, 0.3) is 0 Å². The van der Waals surface area contributed by atoms with Crippen molar-refractivity contribution < 1.29 is 5.11 Å². The highest BCUT2D eigenvalue weighted by molar-refractivity contribution is 6.30. The van der Waals surface area contributed by atoms with E-state index in [0.29, 0.717) is 13.2 Å². The Balaban J connectivity index is 2.02. The van der Waals surface area contributed by atoms with E-state index in [-0.39, 0.29) is 5.75 Å². The molecule has 0 saturated heterocycles. The van der Waals surface area contributed by atoms with Gasteiger partial charge in [-0.2, -0.15) is 0 Å². The molecule has 0 spiro atoms. The lowest BCUT2D eigenvalue weighted by Crippen LogP contribution is -2.29. The Kier molecular flexibility index (Phi) is 4.80. The van der Waals surface area contributed by atoms with E-state index < -0.39 is 0 Å². The van der Waals surface area contributed by atoms with Gasteiger partial charge in [0.15, 0.2) is 0 Å². The first-order valence-corrected chi connectivity index (χ1v) is 6.50. The maximum atomic E-state index is 9.45. The van der Waals surface area contributed by atoms with Gasteiger partial charge in [0.1, 0.15) is 5.75 Å². The van der Waals surface area contributed by atoms with Crippen LogP contribution in [-0.2, 0) is 13.1 Å². The van der Waals surface area contributed by atoms with Crippen LogP contribution in [0.5, 0.6) is 5.75 Å².